The van der Waals surface area contributed by atoms with Gasteiger partial charge in [0.1, 0.15) is 5.78 Å². The van der Waals surface area contributed by atoms with E-state index in [4.69, 9.17) is 0 Å². The van der Waals surface area contributed by atoms with Crippen LogP contribution in [0.4, 0.5) is 8.78 Å². The zero-order valence-corrected chi connectivity index (χ0v) is 14.3. The second-order valence-corrected chi connectivity index (χ2v) is 6.97. The summed E-state index contributed by atoms with van der Waals surface area (Å²) in [6.07, 6.45) is 0.588. The van der Waals surface area contributed by atoms with Crippen LogP contribution in [0, 0.1) is 5.92 Å². The zero-order chi connectivity index (χ0) is 16.6. The third kappa shape index (κ3) is 3.66. The molecule has 0 N–H and O–H groups in total. The summed E-state index contributed by atoms with van der Waals surface area (Å²) in [5, 5.41) is 0. The molecular formula is C16H18BrF2NO3. The number of ketones is 1. The number of ether oxygens (including phenoxy) is 2. The van der Waals surface area contributed by atoms with Crippen LogP contribution in [0.15, 0.2) is 22.7 Å². The fourth-order valence-corrected chi connectivity index (χ4v) is 3.79. The highest BCUT2D eigenvalue weighted by Gasteiger charge is 2.44. The molecule has 1 saturated heterocycles. The average molecular weight is 390 g/mol. The van der Waals surface area contributed by atoms with E-state index >= 15 is 0 Å². The first-order valence-electron chi connectivity index (χ1n) is 7.62. The van der Waals surface area contributed by atoms with Gasteiger partial charge in [-0.1, -0.05) is 6.07 Å². The predicted molar refractivity (Wildman–Crippen MR) is 83.7 cm³/mol. The van der Waals surface area contributed by atoms with Gasteiger partial charge in [0.15, 0.2) is 11.5 Å². The number of halogens is 3. The van der Waals surface area contributed by atoms with Gasteiger partial charge in [-0.15, -0.1) is 8.78 Å². The van der Waals surface area contributed by atoms with Crippen LogP contribution < -0.4 is 9.47 Å². The van der Waals surface area contributed by atoms with E-state index in [1.54, 1.807) is 12.1 Å². The third-order valence-electron chi connectivity index (χ3n) is 4.57. The molecule has 0 bridgehead atoms. The summed E-state index contributed by atoms with van der Waals surface area (Å²) < 4.78 is 33.8. The van der Waals surface area contributed by atoms with Crippen LogP contribution in [0.1, 0.15) is 25.7 Å². The van der Waals surface area contributed by atoms with Crippen LogP contribution in [-0.2, 0) is 4.79 Å². The molecule has 4 rings (SSSR count). The second-order valence-electron chi connectivity index (χ2n) is 6.11. The number of para-hydroxylation sites is 1. The summed E-state index contributed by atoms with van der Waals surface area (Å²) in [5.41, 5.74) is 0. The van der Waals surface area contributed by atoms with Crippen LogP contribution in [0.5, 0.6) is 11.5 Å². The number of fused-ring (bicyclic) bond motifs is 2. The maximum absolute atomic E-state index is 12.5. The minimum atomic E-state index is -3.54. The maximum atomic E-state index is 12.5. The quantitative estimate of drug-likeness (QED) is 0.675. The number of rotatable bonds is 0. The molecule has 2 aliphatic heterocycles. The van der Waals surface area contributed by atoms with Crippen molar-refractivity contribution in [2.24, 2.45) is 5.92 Å². The highest BCUT2D eigenvalue weighted by molar-refractivity contribution is 9.10. The van der Waals surface area contributed by atoms with E-state index in [0.717, 1.165) is 25.2 Å². The average Bonchev–Trinajstić information content (AvgIpc) is 3.00. The Bertz CT molecular complexity index is 611. The van der Waals surface area contributed by atoms with Gasteiger partial charge in [0, 0.05) is 18.9 Å². The van der Waals surface area contributed by atoms with Gasteiger partial charge in [0.25, 0.3) is 0 Å². The van der Waals surface area contributed by atoms with Gasteiger partial charge in [0.05, 0.1) is 4.47 Å². The molecule has 3 aliphatic rings. The van der Waals surface area contributed by atoms with E-state index < -0.39 is 6.29 Å². The highest BCUT2D eigenvalue weighted by atomic mass is 79.9. The monoisotopic (exact) mass is 389 g/mol. The van der Waals surface area contributed by atoms with Gasteiger partial charge < -0.3 is 14.4 Å². The van der Waals surface area contributed by atoms with Crippen LogP contribution in [0.2, 0.25) is 0 Å². The first kappa shape index (κ1) is 16.6. The molecule has 1 aromatic carbocycles. The number of carbonyl (C=O) groups is 1. The van der Waals surface area contributed by atoms with Gasteiger partial charge in [-0.25, -0.2) is 0 Å². The van der Waals surface area contributed by atoms with Crippen molar-refractivity contribution in [1.29, 1.82) is 0 Å². The fraction of sp³-hybridized carbons (Fsp3) is 0.562. The lowest BCUT2D eigenvalue weighted by Crippen LogP contribution is -2.35. The maximum Gasteiger partial charge on any atom is 0.586 e. The van der Waals surface area contributed by atoms with Crippen molar-refractivity contribution in [2.75, 3.05) is 13.6 Å². The Labute approximate surface area is 141 Å². The molecule has 126 valence electrons. The predicted octanol–water partition coefficient (Wildman–Crippen LogP) is 3.83. The molecule has 7 heteroatoms. The Morgan fingerprint density at radius 3 is 2.83 bits per heavy atom. The van der Waals surface area contributed by atoms with Crippen LogP contribution in [-0.4, -0.2) is 36.6 Å². The highest BCUT2D eigenvalue weighted by Crippen LogP contribution is 2.45. The number of carbonyl (C=O) groups excluding carboxylic acids is 1. The Morgan fingerprint density at radius 1 is 1.30 bits per heavy atom. The summed E-state index contributed by atoms with van der Waals surface area (Å²) >= 11 is 3.06. The summed E-state index contributed by atoms with van der Waals surface area (Å²) in [7, 11) is 2.14. The number of nitrogens with zero attached hydrogens (tertiary/aromatic N) is 1. The Hall–Kier alpha value is -1.21. The molecule has 0 amide bonds. The first-order chi connectivity index (χ1) is 10.9. The van der Waals surface area contributed by atoms with E-state index in [-0.39, 0.29) is 11.5 Å². The Morgan fingerprint density at radius 2 is 2.09 bits per heavy atom. The normalized spacial score (nSPS) is 28.1. The molecule has 0 aromatic heterocycles. The molecule has 0 spiro atoms. The van der Waals surface area contributed by atoms with Crippen molar-refractivity contribution in [3.8, 4) is 11.5 Å². The lowest BCUT2D eigenvalue weighted by atomic mass is 9.84. The van der Waals surface area contributed by atoms with E-state index in [9.17, 15) is 13.6 Å². The molecular weight excluding hydrogens is 372 g/mol. The molecule has 0 radical (unpaired) electrons. The van der Waals surface area contributed by atoms with Crippen molar-refractivity contribution in [2.45, 2.75) is 38.0 Å². The second kappa shape index (κ2) is 6.36. The van der Waals surface area contributed by atoms with Crippen LogP contribution in [0.3, 0.4) is 0 Å². The topological polar surface area (TPSA) is 38.8 Å². The van der Waals surface area contributed by atoms with Gasteiger partial charge in [-0.05, 0) is 60.4 Å². The van der Waals surface area contributed by atoms with Crippen molar-refractivity contribution in [3.05, 3.63) is 22.7 Å². The van der Waals surface area contributed by atoms with Gasteiger partial charge in [-0.3, -0.25) is 4.79 Å². The summed E-state index contributed by atoms with van der Waals surface area (Å²) in [6.45, 7) is 1.20. The SMILES string of the molecule is CN1CCC2CCC(=O)CC21.FC1(F)Oc2cccc(Br)c2O1. The molecule has 2 atom stereocenters. The van der Waals surface area contributed by atoms with E-state index in [0.29, 0.717) is 16.3 Å². The number of hydrogen-bond donors (Lipinski definition) is 0. The third-order valence-corrected chi connectivity index (χ3v) is 5.20. The van der Waals surface area contributed by atoms with Crippen LogP contribution in [0.25, 0.3) is 0 Å². The Kier molecular flexibility index (Phi) is 4.60. The molecule has 4 nitrogen and oxygen atoms in total. The minimum absolute atomic E-state index is 0.0440. The summed E-state index contributed by atoms with van der Waals surface area (Å²) in [6, 6.07) is 5.20. The van der Waals surface area contributed by atoms with Gasteiger partial charge in [-0.2, -0.15) is 0 Å². The number of Topliss-reactive ketones (excluding diaryl/α,β-unsaturated/α-hetero) is 1. The van der Waals surface area contributed by atoms with Crippen molar-refractivity contribution < 1.29 is 23.0 Å². The lowest BCUT2D eigenvalue weighted by Gasteiger charge is -2.28. The Balaban J connectivity index is 0.000000136. The molecule has 1 saturated carbocycles. The molecule has 1 aliphatic carbocycles. The van der Waals surface area contributed by atoms with E-state index in [1.165, 1.54) is 19.0 Å². The minimum Gasteiger partial charge on any atom is -0.395 e. The smallest absolute Gasteiger partial charge is 0.395 e. The lowest BCUT2D eigenvalue weighted by molar-refractivity contribution is -0.286. The molecule has 2 fully saturated rings. The van der Waals surface area contributed by atoms with Crippen molar-refractivity contribution in [1.82, 2.24) is 4.90 Å². The summed E-state index contributed by atoms with van der Waals surface area (Å²) in [4.78, 5) is 13.5. The summed E-state index contributed by atoms with van der Waals surface area (Å²) in [5.74, 6) is 1.40. The standard InChI is InChI=1S/C9H15NO.C7H3BrF2O2/c1-10-5-4-7-2-3-8(11)6-9(7)10;8-4-2-1-3-5-6(4)12-7(9,10)11-5/h7,9H,2-6H2,1H3;1-3H. The number of benzene rings is 1. The molecule has 23 heavy (non-hydrogen) atoms. The molecule has 2 unspecified atom stereocenters. The van der Waals surface area contributed by atoms with Crippen molar-refractivity contribution >= 4 is 21.7 Å². The fourth-order valence-electron chi connectivity index (χ4n) is 3.36. The van der Waals surface area contributed by atoms with Gasteiger partial charge >= 0.3 is 6.29 Å². The number of hydrogen-bond acceptors (Lipinski definition) is 4. The first-order valence-corrected chi connectivity index (χ1v) is 8.41. The zero-order valence-electron chi connectivity index (χ0n) is 12.7. The number of alkyl halides is 2. The largest absolute Gasteiger partial charge is 0.586 e. The van der Waals surface area contributed by atoms with Crippen molar-refractivity contribution in [3.63, 3.8) is 0 Å². The van der Waals surface area contributed by atoms with E-state index in [2.05, 4.69) is 37.4 Å². The molecule has 2 heterocycles. The van der Waals surface area contributed by atoms with Gasteiger partial charge in [0.2, 0.25) is 0 Å². The number of likely N-dealkylation sites (tertiary alicyclic amines) is 1. The molecule has 1 aromatic rings. The van der Waals surface area contributed by atoms with Crippen LogP contribution >= 0.6 is 15.9 Å². The van der Waals surface area contributed by atoms with E-state index in [1.807, 2.05) is 0 Å².